The van der Waals surface area contributed by atoms with E-state index >= 15 is 0 Å². The Hall–Kier alpha value is -2.55. The number of hydrogen-bond donors (Lipinski definition) is 2. The standard InChI is InChI=1S/C24H28N4O2S2/c1-15-4-7-18(8-5-15)20-14-31-24(26-20)27-22(29)17(3)28-12-10-19(11-13-28)25-23(30)21-9-6-16(2)32-21/h4-9,14,17,19H,10-13H2,1-3H3,(H,25,30)(H,26,27,29). The summed E-state index contributed by atoms with van der Waals surface area (Å²) in [6.07, 6.45) is 1.67. The Morgan fingerprint density at radius 2 is 1.81 bits per heavy atom. The van der Waals surface area contributed by atoms with Gasteiger partial charge in [0.2, 0.25) is 5.91 Å². The van der Waals surface area contributed by atoms with Crippen molar-refractivity contribution < 1.29 is 9.59 Å². The minimum atomic E-state index is -0.252. The minimum Gasteiger partial charge on any atom is -0.349 e. The molecule has 1 atom stereocenters. The second kappa shape index (κ2) is 9.94. The minimum absolute atomic E-state index is 0.000456. The maximum absolute atomic E-state index is 12.8. The predicted molar refractivity (Wildman–Crippen MR) is 131 cm³/mol. The molecule has 0 radical (unpaired) electrons. The van der Waals surface area contributed by atoms with E-state index in [0.29, 0.717) is 5.13 Å². The number of nitrogens with zero attached hydrogens (tertiary/aromatic N) is 2. The predicted octanol–water partition coefficient (Wildman–Crippen LogP) is 4.71. The highest BCUT2D eigenvalue weighted by atomic mass is 32.1. The van der Waals surface area contributed by atoms with E-state index in [2.05, 4.69) is 39.6 Å². The fraction of sp³-hybridized carbons (Fsp3) is 0.375. The fourth-order valence-electron chi connectivity index (χ4n) is 3.81. The van der Waals surface area contributed by atoms with Gasteiger partial charge >= 0.3 is 0 Å². The van der Waals surface area contributed by atoms with Crippen LogP contribution in [0, 0.1) is 13.8 Å². The van der Waals surface area contributed by atoms with Gasteiger partial charge in [-0.25, -0.2) is 4.98 Å². The Balaban J connectivity index is 1.27. The van der Waals surface area contributed by atoms with Crippen LogP contribution >= 0.6 is 22.7 Å². The van der Waals surface area contributed by atoms with E-state index in [1.54, 1.807) is 0 Å². The number of likely N-dealkylation sites (tertiary alicyclic amines) is 1. The van der Waals surface area contributed by atoms with Gasteiger partial charge in [-0.3, -0.25) is 14.5 Å². The van der Waals surface area contributed by atoms with E-state index in [1.807, 2.05) is 43.5 Å². The quantitative estimate of drug-likeness (QED) is 0.549. The molecule has 1 saturated heterocycles. The summed E-state index contributed by atoms with van der Waals surface area (Å²) in [6, 6.07) is 11.9. The molecule has 0 saturated carbocycles. The average Bonchev–Trinajstić information content (AvgIpc) is 3.43. The number of aromatic nitrogens is 1. The second-order valence-electron chi connectivity index (χ2n) is 8.26. The summed E-state index contributed by atoms with van der Waals surface area (Å²) >= 11 is 2.95. The molecule has 1 aliphatic rings. The number of benzene rings is 1. The van der Waals surface area contributed by atoms with Crippen LogP contribution in [0.2, 0.25) is 0 Å². The topological polar surface area (TPSA) is 74.3 Å². The van der Waals surface area contributed by atoms with Gasteiger partial charge in [0.1, 0.15) is 0 Å². The molecule has 32 heavy (non-hydrogen) atoms. The number of carbonyl (C=O) groups excluding carboxylic acids is 2. The Bertz CT molecular complexity index is 1080. The van der Waals surface area contributed by atoms with Crippen molar-refractivity contribution in [3.63, 3.8) is 0 Å². The molecule has 168 valence electrons. The van der Waals surface area contributed by atoms with Gasteiger partial charge in [-0.1, -0.05) is 29.8 Å². The van der Waals surface area contributed by atoms with Crippen molar-refractivity contribution in [3.05, 3.63) is 57.1 Å². The lowest BCUT2D eigenvalue weighted by molar-refractivity contribution is -0.121. The van der Waals surface area contributed by atoms with Gasteiger partial charge in [0.25, 0.3) is 5.91 Å². The first-order valence-corrected chi connectivity index (χ1v) is 12.5. The van der Waals surface area contributed by atoms with Crippen LogP contribution in [0.15, 0.2) is 41.8 Å². The molecule has 3 aromatic rings. The van der Waals surface area contributed by atoms with Crippen molar-refractivity contribution in [2.75, 3.05) is 18.4 Å². The zero-order valence-corrected chi connectivity index (χ0v) is 20.2. The second-order valence-corrected chi connectivity index (χ2v) is 10.4. The van der Waals surface area contributed by atoms with Crippen LogP contribution in [-0.4, -0.2) is 46.9 Å². The molecular weight excluding hydrogens is 440 g/mol. The molecule has 0 bridgehead atoms. The number of hydrogen-bond acceptors (Lipinski definition) is 6. The molecule has 3 heterocycles. The Labute approximate surface area is 196 Å². The Morgan fingerprint density at radius 1 is 1.09 bits per heavy atom. The third-order valence-corrected chi connectivity index (χ3v) is 7.59. The van der Waals surface area contributed by atoms with E-state index < -0.39 is 0 Å². The lowest BCUT2D eigenvalue weighted by Crippen LogP contribution is -2.50. The first-order valence-electron chi connectivity index (χ1n) is 10.8. The van der Waals surface area contributed by atoms with E-state index in [0.717, 1.165) is 46.9 Å². The number of thiophene rings is 1. The molecule has 4 rings (SSSR count). The number of carbonyl (C=O) groups is 2. The average molecular weight is 469 g/mol. The Kier molecular flexibility index (Phi) is 7.03. The highest BCUT2D eigenvalue weighted by molar-refractivity contribution is 7.14. The van der Waals surface area contributed by atoms with Crippen LogP contribution in [-0.2, 0) is 4.79 Å². The molecule has 2 N–H and O–H groups in total. The van der Waals surface area contributed by atoms with Gasteiger partial charge in [-0.05, 0) is 45.7 Å². The van der Waals surface area contributed by atoms with Crippen LogP contribution in [0.1, 0.15) is 39.9 Å². The summed E-state index contributed by atoms with van der Waals surface area (Å²) in [5.74, 6) is -0.0492. The van der Waals surface area contributed by atoms with Crippen molar-refractivity contribution in [2.24, 2.45) is 0 Å². The Morgan fingerprint density at radius 3 is 2.47 bits per heavy atom. The SMILES string of the molecule is Cc1ccc(-c2csc(NC(=O)C(C)N3CCC(NC(=O)c4ccc(C)s4)CC3)n2)cc1. The molecule has 6 nitrogen and oxygen atoms in total. The molecule has 0 spiro atoms. The van der Waals surface area contributed by atoms with E-state index in [1.165, 1.54) is 28.2 Å². The smallest absolute Gasteiger partial charge is 0.261 e. The summed E-state index contributed by atoms with van der Waals surface area (Å²) < 4.78 is 0. The number of aryl methyl sites for hydroxylation is 2. The monoisotopic (exact) mass is 468 g/mol. The summed E-state index contributed by atoms with van der Waals surface area (Å²) in [5, 5.41) is 8.68. The number of thiazole rings is 1. The zero-order chi connectivity index (χ0) is 22.7. The number of rotatable bonds is 6. The van der Waals surface area contributed by atoms with E-state index in [9.17, 15) is 9.59 Å². The van der Waals surface area contributed by atoms with Crippen molar-refractivity contribution in [1.29, 1.82) is 0 Å². The van der Waals surface area contributed by atoms with Crippen LogP contribution in [0.5, 0.6) is 0 Å². The van der Waals surface area contributed by atoms with E-state index in [-0.39, 0.29) is 23.9 Å². The highest BCUT2D eigenvalue weighted by Crippen LogP contribution is 2.25. The molecule has 1 fully saturated rings. The highest BCUT2D eigenvalue weighted by Gasteiger charge is 2.28. The molecule has 8 heteroatoms. The molecular formula is C24H28N4O2S2. The summed E-state index contributed by atoms with van der Waals surface area (Å²) in [7, 11) is 0. The van der Waals surface area contributed by atoms with Gasteiger partial charge in [-0.15, -0.1) is 22.7 Å². The maximum Gasteiger partial charge on any atom is 0.261 e. The van der Waals surface area contributed by atoms with Gasteiger partial charge in [0.15, 0.2) is 5.13 Å². The number of nitrogens with one attached hydrogen (secondary N) is 2. The molecule has 2 amide bonds. The van der Waals surface area contributed by atoms with Crippen molar-refractivity contribution in [1.82, 2.24) is 15.2 Å². The molecule has 1 aromatic carbocycles. The summed E-state index contributed by atoms with van der Waals surface area (Å²) in [6.45, 7) is 7.53. The lowest BCUT2D eigenvalue weighted by Gasteiger charge is -2.35. The molecule has 1 unspecified atom stereocenters. The van der Waals surface area contributed by atoms with E-state index in [4.69, 9.17) is 0 Å². The van der Waals surface area contributed by atoms with Crippen LogP contribution < -0.4 is 10.6 Å². The maximum atomic E-state index is 12.8. The lowest BCUT2D eigenvalue weighted by atomic mass is 10.0. The van der Waals surface area contributed by atoms with Crippen LogP contribution in [0.25, 0.3) is 11.3 Å². The van der Waals surface area contributed by atoms with Crippen LogP contribution in [0.3, 0.4) is 0 Å². The number of amides is 2. The normalized spacial score (nSPS) is 16.0. The zero-order valence-electron chi connectivity index (χ0n) is 18.6. The summed E-state index contributed by atoms with van der Waals surface area (Å²) in [5.41, 5.74) is 3.12. The number of anilines is 1. The number of piperidine rings is 1. The first kappa shape index (κ1) is 22.6. The third-order valence-electron chi connectivity index (χ3n) is 5.84. The van der Waals surface area contributed by atoms with Gasteiger partial charge in [-0.2, -0.15) is 0 Å². The third kappa shape index (κ3) is 5.43. The van der Waals surface area contributed by atoms with Crippen molar-refractivity contribution in [3.8, 4) is 11.3 Å². The van der Waals surface area contributed by atoms with Gasteiger partial charge in [0, 0.05) is 35.0 Å². The van der Waals surface area contributed by atoms with Crippen LogP contribution in [0.4, 0.5) is 5.13 Å². The molecule has 2 aromatic heterocycles. The molecule has 1 aliphatic heterocycles. The summed E-state index contributed by atoms with van der Waals surface area (Å²) in [4.78, 5) is 33.8. The molecule has 0 aliphatic carbocycles. The van der Waals surface area contributed by atoms with Crippen molar-refractivity contribution in [2.45, 2.75) is 45.7 Å². The van der Waals surface area contributed by atoms with Crippen molar-refractivity contribution >= 4 is 39.6 Å². The van der Waals surface area contributed by atoms with Gasteiger partial charge in [0.05, 0.1) is 16.6 Å². The van der Waals surface area contributed by atoms with Gasteiger partial charge < -0.3 is 10.6 Å². The fourth-order valence-corrected chi connectivity index (χ4v) is 5.30. The first-order chi connectivity index (χ1) is 15.4. The largest absolute Gasteiger partial charge is 0.349 e.